The summed E-state index contributed by atoms with van der Waals surface area (Å²) >= 11 is 2.04. The molecule has 0 aliphatic heterocycles. The fourth-order valence-corrected chi connectivity index (χ4v) is 4.55. The maximum atomic E-state index is 12.4. The first-order valence-corrected chi connectivity index (χ1v) is 9.81. The number of H-pyrrole nitrogens is 1. The minimum absolute atomic E-state index is 0.167. The van der Waals surface area contributed by atoms with Crippen LogP contribution in [0.2, 0.25) is 0 Å². The lowest BCUT2D eigenvalue weighted by Gasteiger charge is -2.20. The van der Waals surface area contributed by atoms with Crippen LogP contribution in [0.5, 0.6) is 0 Å². The number of thioether (sulfide) groups is 1. The summed E-state index contributed by atoms with van der Waals surface area (Å²) in [5.41, 5.74) is 0.906. The Kier molecular flexibility index (Phi) is 5.96. The number of aromatic amines is 1. The molecule has 0 unspecified atom stereocenters. The third-order valence-corrected chi connectivity index (χ3v) is 5.97. The topological polar surface area (TPSA) is 62.0 Å². The number of nitrogens with one attached hydrogen (secondary N) is 2. The molecule has 0 spiro atoms. The highest BCUT2D eigenvalue weighted by atomic mass is 32.2. The lowest BCUT2D eigenvalue weighted by molar-refractivity contribution is 0.0955. The summed E-state index contributed by atoms with van der Waals surface area (Å²) in [6.07, 6.45) is 7.77. The van der Waals surface area contributed by atoms with Crippen molar-refractivity contribution in [3.63, 3.8) is 0 Å². The van der Waals surface area contributed by atoms with Crippen LogP contribution in [0.3, 0.4) is 0 Å². The van der Waals surface area contributed by atoms with Gasteiger partial charge in [0.2, 0.25) is 5.56 Å². The number of amides is 1. The van der Waals surface area contributed by atoms with Crippen molar-refractivity contribution in [1.29, 1.82) is 0 Å². The van der Waals surface area contributed by atoms with Crippen LogP contribution in [0.25, 0.3) is 10.9 Å². The molecule has 3 rings (SSSR count). The molecule has 0 bridgehead atoms. The van der Waals surface area contributed by atoms with E-state index in [9.17, 15) is 9.59 Å². The first-order valence-electron chi connectivity index (χ1n) is 8.76. The van der Waals surface area contributed by atoms with Crippen molar-refractivity contribution in [1.82, 2.24) is 10.3 Å². The average molecular weight is 344 g/mol. The van der Waals surface area contributed by atoms with Crippen LogP contribution in [-0.2, 0) is 0 Å². The Morgan fingerprint density at radius 1 is 1.21 bits per heavy atom. The largest absolute Gasteiger partial charge is 0.352 e. The van der Waals surface area contributed by atoms with Crippen LogP contribution in [0.4, 0.5) is 0 Å². The highest BCUT2D eigenvalue weighted by Crippen LogP contribution is 2.28. The van der Waals surface area contributed by atoms with Crippen LogP contribution < -0.4 is 10.9 Å². The van der Waals surface area contributed by atoms with Crippen molar-refractivity contribution < 1.29 is 4.79 Å². The number of pyridine rings is 1. The second kappa shape index (κ2) is 8.38. The van der Waals surface area contributed by atoms with Gasteiger partial charge >= 0.3 is 0 Å². The van der Waals surface area contributed by atoms with E-state index >= 15 is 0 Å². The van der Waals surface area contributed by atoms with Crippen LogP contribution in [-0.4, -0.2) is 28.4 Å². The molecule has 1 aliphatic carbocycles. The number of rotatable bonds is 6. The molecule has 1 saturated carbocycles. The highest BCUT2D eigenvalue weighted by molar-refractivity contribution is 7.99. The van der Waals surface area contributed by atoms with Gasteiger partial charge in [-0.3, -0.25) is 9.59 Å². The van der Waals surface area contributed by atoms with Gasteiger partial charge in [-0.15, -0.1) is 0 Å². The fraction of sp³-hybridized carbons (Fsp3) is 0.474. The van der Waals surface area contributed by atoms with Crippen molar-refractivity contribution in [2.24, 2.45) is 0 Å². The Labute approximate surface area is 146 Å². The molecule has 1 aromatic heterocycles. The number of benzene rings is 1. The quantitative estimate of drug-likeness (QED) is 0.785. The Balaban J connectivity index is 1.51. The van der Waals surface area contributed by atoms with E-state index < -0.39 is 0 Å². The molecule has 2 aromatic rings. The molecule has 4 nitrogen and oxygen atoms in total. The van der Waals surface area contributed by atoms with Crippen molar-refractivity contribution >= 4 is 28.6 Å². The minimum atomic E-state index is -0.244. The van der Waals surface area contributed by atoms with E-state index in [4.69, 9.17) is 0 Å². The van der Waals surface area contributed by atoms with E-state index in [-0.39, 0.29) is 11.5 Å². The monoisotopic (exact) mass is 344 g/mol. The van der Waals surface area contributed by atoms with E-state index in [0.717, 1.165) is 22.8 Å². The Hall–Kier alpha value is -1.75. The zero-order chi connectivity index (χ0) is 16.8. The van der Waals surface area contributed by atoms with Gasteiger partial charge in [0.25, 0.3) is 5.91 Å². The van der Waals surface area contributed by atoms with E-state index in [1.54, 1.807) is 0 Å². The van der Waals surface area contributed by atoms with Gasteiger partial charge in [-0.05, 0) is 31.1 Å². The summed E-state index contributed by atoms with van der Waals surface area (Å²) < 4.78 is 0. The molecule has 0 radical (unpaired) electrons. The van der Waals surface area contributed by atoms with E-state index in [0.29, 0.717) is 17.6 Å². The summed E-state index contributed by atoms with van der Waals surface area (Å²) in [6, 6.07) is 8.78. The molecule has 0 atom stereocenters. The van der Waals surface area contributed by atoms with Gasteiger partial charge in [0.05, 0.1) is 5.56 Å². The Bertz CT molecular complexity index is 750. The van der Waals surface area contributed by atoms with Gasteiger partial charge in [-0.1, -0.05) is 37.5 Å². The lowest BCUT2D eigenvalue weighted by atomic mass is 10.0. The number of aromatic nitrogens is 1. The van der Waals surface area contributed by atoms with E-state index in [1.165, 1.54) is 38.2 Å². The van der Waals surface area contributed by atoms with Crippen molar-refractivity contribution in [2.45, 2.75) is 43.8 Å². The molecule has 128 valence electrons. The van der Waals surface area contributed by atoms with Gasteiger partial charge in [0, 0.05) is 28.8 Å². The minimum Gasteiger partial charge on any atom is -0.352 e. The second-order valence-electron chi connectivity index (χ2n) is 6.33. The number of fused-ring (bicyclic) bond motifs is 1. The SMILES string of the molecule is O=C(NCCCSC1CCCCC1)c1cc(=O)[nH]c2ccccc12. The van der Waals surface area contributed by atoms with Gasteiger partial charge in [0.15, 0.2) is 0 Å². The summed E-state index contributed by atoms with van der Waals surface area (Å²) in [6.45, 7) is 0.652. The second-order valence-corrected chi connectivity index (χ2v) is 7.74. The van der Waals surface area contributed by atoms with E-state index in [2.05, 4.69) is 10.3 Å². The maximum Gasteiger partial charge on any atom is 0.252 e. The van der Waals surface area contributed by atoms with Crippen molar-refractivity contribution in [3.8, 4) is 0 Å². The molecular formula is C19H24N2O2S. The molecule has 0 saturated heterocycles. The summed E-state index contributed by atoms with van der Waals surface area (Å²) in [4.78, 5) is 26.9. The van der Waals surface area contributed by atoms with Gasteiger partial charge in [-0.2, -0.15) is 11.8 Å². The number of para-hydroxylation sites is 1. The molecule has 2 N–H and O–H groups in total. The Morgan fingerprint density at radius 3 is 2.83 bits per heavy atom. The van der Waals surface area contributed by atoms with Crippen LogP contribution in [0.15, 0.2) is 35.1 Å². The smallest absolute Gasteiger partial charge is 0.252 e. The number of carbonyl (C=O) groups excluding carboxylic acids is 1. The zero-order valence-corrected chi connectivity index (χ0v) is 14.7. The average Bonchev–Trinajstić information content (AvgIpc) is 2.61. The predicted octanol–water partition coefficient (Wildman–Crippen LogP) is 3.71. The van der Waals surface area contributed by atoms with Gasteiger partial charge < -0.3 is 10.3 Å². The number of hydrogen-bond acceptors (Lipinski definition) is 3. The molecule has 5 heteroatoms. The number of carbonyl (C=O) groups is 1. The molecular weight excluding hydrogens is 320 g/mol. The van der Waals surface area contributed by atoms with E-state index in [1.807, 2.05) is 36.0 Å². The lowest BCUT2D eigenvalue weighted by Crippen LogP contribution is -2.26. The third kappa shape index (κ3) is 4.41. The normalized spacial score (nSPS) is 15.5. The Morgan fingerprint density at radius 2 is 2.00 bits per heavy atom. The first-order chi connectivity index (χ1) is 11.7. The summed E-state index contributed by atoms with van der Waals surface area (Å²) in [5.74, 6) is 0.918. The molecule has 1 aromatic carbocycles. The molecule has 1 heterocycles. The van der Waals surface area contributed by atoms with Crippen molar-refractivity contribution in [2.75, 3.05) is 12.3 Å². The van der Waals surface area contributed by atoms with Gasteiger partial charge in [-0.25, -0.2) is 0 Å². The molecule has 1 aliphatic rings. The standard InChI is InChI=1S/C19H24N2O2S/c22-18-13-16(15-9-4-5-10-17(15)21-18)19(23)20-11-6-12-24-14-7-2-1-3-8-14/h4-5,9-10,13-14H,1-3,6-8,11-12H2,(H,20,23)(H,21,22). The van der Waals surface area contributed by atoms with Crippen molar-refractivity contribution in [3.05, 3.63) is 46.2 Å². The molecule has 1 fully saturated rings. The van der Waals surface area contributed by atoms with Gasteiger partial charge in [0.1, 0.15) is 0 Å². The number of hydrogen-bond donors (Lipinski definition) is 2. The highest BCUT2D eigenvalue weighted by Gasteiger charge is 2.14. The maximum absolute atomic E-state index is 12.4. The fourth-order valence-electron chi connectivity index (χ4n) is 3.24. The first kappa shape index (κ1) is 17.1. The predicted molar refractivity (Wildman–Crippen MR) is 101 cm³/mol. The third-order valence-electron chi connectivity index (χ3n) is 4.51. The van der Waals surface area contributed by atoms with Crippen LogP contribution >= 0.6 is 11.8 Å². The van der Waals surface area contributed by atoms with Crippen LogP contribution in [0.1, 0.15) is 48.9 Å². The molecule has 1 amide bonds. The zero-order valence-electron chi connectivity index (χ0n) is 13.8. The molecule has 24 heavy (non-hydrogen) atoms. The summed E-state index contributed by atoms with van der Waals surface area (Å²) in [5, 5.41) is 4.55. The summed E-state index contributed by atoms with van der Waals surface area (Å²) in [7, 11) is 0. The van der Waals surface area contributed by atoms with Crippen LogP contribution in [0, 0.1) is 0 Å².